The number of carboxylic acids is 1. The maximum Gasteiger partial charge on any atom is 0.314 e. The molecule has 1 amide bonds. The van der Waals surface area contributed by atoms with Crippen molar-refractivity contribution in [2.45, 2.75) is 31.7 Å². The summed E-state index contributed by atoms with van der Waals surface area (Å²) in [4.78, 5) is 50.8. The number of aliphatic carboxylic acids is 1. The first-order valence-corrected chi connectivity index (χ1v) is 7.74. The molecule has 0 aliphatic heterocycles. The molecule has 0 bridgehead atoms. The molecule has 1 fully saturated rings. The third-order valence-electron chi connectivity index (χ3n) is 4.40. The average molecular weight is 331 g/mol. The Kier molecular flexibility index (Phi) is 4.20. The minimum absolute atomic E-state index is 0.0570. The molecule has 1 aromatic carbocycles. The van der Waals surface area contributed by atoms with Gasteiger partial charge in [0, 0.05) is 11.6 Å². The number of H-pyrrole nitrogens is 2. The van der Waals surface area contributed by atoms with E-state index >= 15 is 0 Å². The number of amides is 1. The second-order valence-corrected chi connectivity index (χ2v) is 6.03. The number of aromatic nitrogens is 2. The standard InChI is InChI=1S/C16H17N3O5/c20-13(17-10-4-1-8(2-5-10)16(23)24)9-3-6-11-12(7-9)19-15(22)14(21)18-11/h3,6-8,10H,1-2,4-5H2,(H,17,20)(H,18,21)(H,19,22)(H,23,24). The van der Waals surface area contributed by atoms with E-state index in [4.69, 9.17) is 5.11 Å². The molecular formula is C16H17N3O5. The summed E-state index contributed by atoms with van der Waals surface area (Å²) in [6, 6.07) is 4.57. The van der Waals surface area contributed by atoms with Gasteiger partial charge in [0.2, 0.25) is 0 Å². The number of rotatable bonds is 3. The number of hydrogen-bond donors (Lipinski definition) is 4. The number of benzene rings is 1. The van der Waals surface area contributed by atoms with Crippen molar-refractivity contribution < 1.29 is 14.7 Å². The van der Waals surface area contributed by atoms with Crippen molar-refractivity contribution in [1.29, 1.82) is 0 Å². The second kappa shape index (κ2) is 6.31. The van der Waals surface area contributed by atoms with Gasteiger partial charge in [0.05, 0.1) is 17.0 Å². The van der Waals surface area contributed by atoms with Crippen LogP contribution < -0.4 is 16.4 Å². The second-order valence-electron chi connectivity index (χ2n) is 6.03. The predicted octanol–water partition coefficient (Wildman–Crippen LogP) is 0.590. The van der Waals surface area contributed by atoms with Crippen LogP contribution in [0, 0.1) is 5.92 Å². The van der Waals surface area contributed by atoms with Crippen LogP contribution in [0.5, 0.6) is 0 Å². The third kappa shape index (κ3) is 3.22. The first-order chi connectivity index (χ1) is 11.4. The van der Waals surface area contributed by atoms with Crippen LogP contribution in [0.15, 0.2) is 27.8 Å². The Morgan fingerprint density at radius 1 is 1.00 bits per heavy atom. The summed E-state index contributed by atoms with van der Waals surface area (Å²) in [6.07, 6.45) is 2.35. The zero-order chi connectivity index (χ0) is 17.3. The lowest BCUT2D eigenvalue weighted by Gasteiger charge is -2.26. The van der Waals surface area contributed by atoms with Gasteiger partial charge < -0.3 is 20.4 Å². The number of nitrogens with one attached hydrogen (secondary N) is 3. The molecule has 0 spiro atoms. The SMILES string of the molecule is O=C(NC1CCC(C(=O)O)CC1)c1ccc2[nH]c(=O)c(=O)[nH]c2c1. The van der Waals surface area contributed by atoms with Gasteiger partial charge in [-0.1, -0.05) is 0 Å². The van der Waals surface area contributed by atoms with E-state index in [0.717, 1.165) is 0 Å². The Morgan fingerprint density at radius 2 is 1.62 bits per heavy atom. The van der Waals surface area contributed by atoms with Crippen molar-refractivity contribution in [3.05, 3.63) is 44.5 Å². The van der Waals surface area contributed by atoms with Gasteiger partial charge in [-0.25, -0.2) is 0 Å². The van der Waals surface area contributed by atoms with Crippen LogP contribution in [0.3, 0.4) is 0 Å². The van der Waals surface area contributed by atoms with Gasteiger partial charge >= 0.3 is 17.1 Å². The van der Waals surface area contributed by atoms with Crippen LogP contribution in [-0.4, -0.2) is 33.0 Å². The zero-order valence-electron chi connectivity index (χ0n) is 12.8. The van der Waals surface area contributed by atoms with Crippen LogP contribution in [0.4, 0.5) is 0 Å². The van der Waals surface area contributed by atoms with Crippen LogP contribution in [-0.2, 0) is 4.79 Å². The van der Waals surface area contributed by atoms with Gasteiger partial charge in [-0.15, -0.1) is 0 Å². The predicted molar refractivity (Wildman–Crippen MR) is 86.0 cm³/mol. The van der Waals surface area contributed by atoms with Crippen molar-refractivity contribution in [3.8, 4) is 0 Å². The lowest BCUT2D eigenvalue weighted by Crippen LogP contribution is -2.38. The molecule has 0 saturated heterocycles. The Labute approximate surface area is 135 Å². The lowest BCUT2D eigenvalue weighted by atomic mass is 9.86. The summed E-state index contributed by atoms with van der Waals surface area (Å²) in [6.45, 7) is 0. The fourth-order valence-electron chi connectivity index (χ4n) is 3.01. The normalized spacial score (nSPS) is 20.7. The number of aromatic amines is 2. The molecule has 1 aliphatic rings. The summed E-state index contributed by atoms with van der Waals surface area (Å²) in [5, 5.41) is 11.9. The van der Waals surface area contributed by atoms with E-state index in [2.05, 4.69) is 15.3 Å². The van der Waals surface area contributed by atoms with E-state index in [1.165, 1.54) is 6.07 Å². The molecule has 0 atom stereocenters. The van der Waals surface area contributed by atoms with Crippen molar-refractivity contribution in [2.75, 3.05) is 0 Å². The number of fused-ring (bicyclic) bond motifs is 1. The van der Waals surface area contributed by atoms with Gasteiger partial charge in [0.1, 0.15) is 0 Å². The maximum absolute atomic E-state index is 12.3. The first kappa shape index (κ1) is 16.0. The van der Waals surface area contributed by atoms with Crippen molar-refractivity contribution in [3.63, 3.8) is 0 Å². The fourth-order valence-corrected chi connectivity index (χ4v) is 3.01. The minimum atomic E-state index is -0.785. The van der Waals surface area contributed by atoms with Gasteiger partial charge in [-0.2, -0.15) is 0 Å². The number of carbonyl (C=O) groups excluding carboxylic acids is 1. The Morgan fingerprint density at radius 3 is 2.25 bits per heavy atom. The molecular weight excluding hydrogens is 314 g/mol. The summed E-state index contributed by atoms with van der Waals surface area (Å²) in [5.74, 6) is -1.41. The molecule has 126 valence electrons. The fraction of sp³-hybridized carbons (Fsp3) is 0.375. The van der Waals surface area contributed by atoms with E-state index in [9.17, 15) is 19.2 Å². The molecule has 1 aromatic heterocycles. The molecule has 8 heteroatoms. The number of hydrogen-bond acceptors (Lipinski definition) is 4. The number of carboxylic acid groups (broad SMARTS) is 1. The molecule has 24 heavy (non-hydrogen) atoms. The minimum Gasteiger partial charge on any atom is -0.481 e. The van der Waals surface area contributed by atoms with Crippen LogP contribution in [0.1, 0.15) is 36.0 Å². The van der Waals surface area contributed by atoms with Gasteiger partial charge in [0.25, 0.3) is 5.91 Å². The monoisotopic (exact) mass is 331 g/mol. The third-order valence-corrected chi connectivity index (χ3v) is 4.40. The van der Waals surface area contributed by atoms with E-state index in [1.807, 2.05) is 0 Å². The Bertz CT molecular complexity index is 906. The summed E-state index contributed by atoms with van der Waals surface area (Å²) >= 11 is 0. The average Bonchev–Trinajstić information content (AvgIpc) is 2.56. The zero-order valence-corrected chi connectivity index (χ0v) is 12.8. The maximum atomic E-state index is 12.3. The summed E-state index contributed by atoms with van der Waals surface area (Å²) in [7, 11) is 0. The van der Waals surface area contributed by atoms with Gasteiger partial charge in [-0.3, -0.25) is 19.2 Å². The van der Waals surface area contributed by atoms with Crippen molar-refractivity contribution in [2.24, 2.45) is 5.92 Å². The molecule has 1 saturated carbocycles. The Hall–Kier alpha value is -2.90. The van der Waals surface area contributed by atoms with Gasteiger partial charge in [0.15, 0.2) is 0 Å². The largest absolute Gasteiger partial charge is 0.481 e. The Balaban J connectivity index is 1.72. The molecule has 0 unspecified atom stereocenters. The highest BCUT2D eigenvalue weighted by molar-refractivity contribution is 5.97. The molecule has 8 nitrogen and oxygen atoms in total. The lowest BCUT2D eigenvalue weighted by molar-refractivity contribution is -0.142. The van der Waals surface area contributed by atoms with Crippen LogP contribution in [0.25, 0.3) is 11.0 Å². The van der Waals surface area contributed by atoms with E-state index in [0.29, 0.717) is 42.3 Å². The highest BCUT2D eigenvalue weighted by Crippen LogP contribution is 2.24. The van der Waals surface area contributed by atoms with Crippen molar-refractivity contribution in [1.82, 2.24) is 15.3 Å². The van der Waals surface area contributed by atoms with E-state index in [-0.39, 0.29) is 17.9 Å². The van der Waals surface area contributed by atoms with Crippen LogP contribution >= 0.6 is 0 Å². The highest BCUT2D eigenvalue weighted by Gasteiger charge is 2.26. The van der Waals surface area contributed by atoms with E-state index < -0.39 is 17.1 Å². The molecule has 1 aliphatic carbocycles. The molecule has 2 aromatic rings. The quantitative estimate of drug-likeness (QED) is 0.611. The molecule has 1 heterocycles. The number of carbonyl (C=O) groups is 2. The molecule has 4 N–H and O–H groups in total. The van der Waals surface area contributed by atoms with Gasteiger partial charge in [-0.05, 0) is 43.9 Å². The van der Waals surface area contributed by atoms with E-state index in [1.54, 1.807) is 12.1 Å². The highest BCUT2D eigenvalue weighted by atomic mass is 16.4. The summed E-state index contributed by atoms with van der Waals surface area (Å²) in [5.41, 5.74) is -0.326. The first-order valence-electron chi connectivity index (χ1n) is 7.74. The topological polar surface area (TPSA) is 132 Å². The smallest absolute Gasteiger partial charge is 0.314 e. The molecule has 0 radical (unpaired) electrons. The van der Waals surface area contributed by atoms with Crippen molar-refractivity contribution >= 4 is 22.9 Å². The summed E-state index contributed by atoms with van der Waals surface area (Å²) < 4.78 is 0. The van der Waals surface area contributed by atoms with Crippen LogP contribution in [0.2, 0.25) is 0 Å². The molecule has 3 rings (SSSR count).